The van der Waals surface area contributed by atoms with Crippen LogP contribution in [0.4, 0.5) is 0 Å². The standard InChI is InChI=1S/C15H13NO2/c1-17-14-5-2-11(3-6-14)12-4-7-15-13(10-12)8-9-16-18-15/h2-10,16H,1H3. The molecule has 3 nitrogen and oxygen atoms in total. The van der Waals surface area contributed by atoms with E-state index in [-0.39, 0.29) is 0 Å². The Morgan fingerprint density at radius 2 is 1.78 bits per heavy atom. The molecule has 18 heavy (non-hydrogen) atoms. The van der Waals surface area contributed by atoms with Crippen molar-refractivity contribution in [1.82, 2.24) is 5.48 Å². The fourth-order valence-corrected chi connectivity index (χ4v) is 1.96. The van der Waals surface area contributed by atoms with E-state index in [1.54, 1.807) is 13.3 Å². The van der Waals surface area contributed by atoms with Crippen molar-refractivity contribution < 1.29 is 9.57 Å². The van der Waals surface area contributed by atoms with Gasteiger partial charge in [0.05, 0.1) is 7.11 Å². The molecule has 1 aliphatic rings. The Morgan fingerprint density at radius 1 is 1.00 bits per heavy atom. The second-order valence-electron chi connectivity index (χ2n) is 4.03. The number of hydrogen-bond acceptors (Lipinski definition) is 3. The minimum Gasteiger partial charge on any atom is -0.497 e. The smallest absolute Gasteiger partial charge is 0.162 e. The number of methoxy groups -OCH3 is 1. The molecule has 2 aromatic rings. The Labute approximate surface area is 106 Å². The van der Waals surface area contributed by atoms with E-state index in [4.69, 9.17) is 9.57 Å². The summed E-state index contributed by atoms with van der Waals surface area (Å²) in [5.41, 5.74) is 6.11. The van der Waals surface area contributed by atoms with Crippen LogP contribution < -0.4 is 15.1 Å². The quantitative estimate of drug-likeness (QED) is 0.872. The predicted octanol–water partition coefficient (Wildman–Crippen LogP) is 3.23. The van der Waals surface area contributed by atoms with Gasteiger partial charge in [0.2, 0.25) is 0 Å². The summed E-state index contributed by atoms with van der Waals surface area (Å²) in [6.07, 6.45) is 3.77. The Morgan fingerprint density at radius 3 is 2.56 bits per heavy atom. The minimum absolute atomic E-state index is 0.842. The molecule has 0 aliphatic carbocycles. The van der Waals surface area contributed by atoms with E-state index in [2.05, 4.69) is 11.5 Å². The van der Waals surface area contributed by atoms with E-state index < -0.39 is 0 Å². The van der Waals surface area contributed by atoms with Crippen LogP contribution in [-0.4, -0.2) is 7.11 Å². The summed E-state index contributed by atoms with van der Waals surface area (Å²) < 4.78 is 5.16. The lowest BCUT2D eigenvalue weighted by molar-refractivity contribution is 0.239. The number of hydroxylamine groups is 1. The third-order valence-electron chi connectivity index (χ3n) is 2.93. The van der Waals surface area contributed by atoms with Gasteiger partial charge in [0.25, 0.3) is 0 Å². The van der Waals surface area contributed by atoms with Crippen molar-refractivity contribution in [1.29, 1.82) is 0 Å². The van der Waals surface area contributed by atoms with Crippen LogP contribution in [0, 0.1) is 0 Å². The van der Waals surface area contributed by atoms with Crippen molar-refractivity contribution >= 4 is 6.08 Å². The summed E-state index contributed by atoms with van der Waals surface area (Å²) in [6, 6.07) is 14.1. The number of nitrogens with one attached hydrogen (secondary N) is 1. The second-order valence-corrected chi connectivity index (χ2v) is 4.03. The topological polar surface area (TPSA) is 30.5 Å². The molecule has 90 valence electrons. The first-order valence-corrected chi connectivity index (χ1v) is 5.74. The fourth-order valence-electron chi connectivity index (χ4n) is 1.96. The largest absolute Gasteiger partial charge is 0.497 e. The Balaban J connectivity index is 1.99. The molecule has 0 aromatic heterocycles. The molecule has 0 radical (unpaired) electrons. The van der Waals surface area contributed by atoms with Gasteiger partial charge in [-0.15, -0.1) is 0 Å². The monoisotopic (exact) mass is 239 g/mol. The van der Waals surface area contributed by atoms with E-state index in [1.807, 2.05) is 42.5 Å². The maximum atomic E-state index is 5.29. The van der Waals surface area contributed by atoms with E-state index in [0.717, 1.165) is 28.2 Å². The van der Waals surface area contributed by atoms with Crippen LogP contribution in [0.2, 0.25) is 0 Å². The van der Waals surface area contributed by atoms with Crippen molar-refractivity contribution in [2.75, 3.05) is 7.11 Å². The van der Waals surface area contributed by atoms with Crippen molar-refractivity contribution in [2.24, 2.45) is 0 Å². The van der Waals surface area contributed by atoms with Crippen LogP contribution in [0.3, 0.4) is 0 Å². The molecule has 0 atom stereocenters. The third-order valence-corrected chi connectivity index (χ3v) is 2.93. The van der Waals surface area contributed by atoms with Crippen molar-refractivity contribution in [3.05, 3.63) is 54.2 Å². The summed E-state index contributed by atoms with van der Waals surface area (Å²) in [4.78, 5) is 5.29. The maximum Gasteiger partial charge on any atom is 0.162 e. The Kier molecular flexibility index (Phi) is 2.65. The Hall–Kier alpha value is -2.42. The van der Waals surface area contributed by atoms with Gasteiger partial charge in [-0.05, 0) is 41.5 Å². The highest BCUT2D eigenvalue weighted by atomic mass is 16.6. The summed E-state index contributed by atoms with van der Waals surface area (Å²) in [7, 11) is 1.67. The van der Waals surface area contributed by atoms with Crippen LogP contribution in [-0.2, 0) is 0 Å². The van der Waals surface area contributed by atoms with E-state index in [9.17, 15) is 0 Å². The highest BCUT2D eigenvalue weighted by Crippen LogP contribution is 2.29. The number of hydrogen-bond donors (Lipinski definition) is 1. The second kappa shape index (κ2) is 4.45. The van der Waals surface area contributed by atoms with Gasteiger partial charge in [0.15, 0.2) is 5.75 Å². The SMILES string of the molecule is COc1ccc(-c2ccc3c(c2)C=CNO3)cc1. The van der Waals surface area contributed by atoms with Crippen LogP contribution in [0.5, 0.6) is 11.5 Å². The van der Waals surface area contributed by atoms with Crippen molar-refractivity contribution in [2.45, 2.75) is 0 Å². The average Bonchev–Trinajstić information content (AvgIpc) is 2.47. The van der Waals surface area contributed by atoms with Gasteiger partial charge in [0.1, 0.15) is 5.75 Å². The molecular formula is C15H13NO2. The van der Waals surface area contributed by atoms with Gasteiger partial charge < -0.3 is 9.57 Å². The number of ether oxygens (including phenoxy) is 1. The van der Waals surface area contributed by atoms with Crippen molar-refractivity contribution in [3.8, 4) is 22.6 Å². The molecule has 0 saturated carbocycles. The van der Waals surface area contributed by atoms with Gasteiger partial charge >= 0.3 is 0 Å². The van der Waals surface area contributed by atoms with Crippen LogP contribution >= 0.6 is 0 Å². The summed E-state index contributed by atoms with van der Waals surface area (Å²) in [6.45, 7) is 0. The van der Waals surface area contributed by atoms with Crippen molar-refractivity contribution in [3.63, 3.8) is 0 Å². The first kappa shape index (κ1) is 10.7. The molecule has 2 aromatic carbocycles. The summed E-state index contributed by atoms with van der Waals surface area (Å²) in [5, 5.41) is 0. The molecular weight excluding hydrogens is 226 g/mol. The van der Waals surface area contributed by atoms with E-state index in [1.165, 1.54) is 0 Å². The number of rotatable bonds is 2. The van der Waals surface area contributed by atoms with Gasteiger partial charge in [-0.2, -0.15) is 0 Å². The minimum atomic E-state index is 0.842. The number of fused-ring (bicyclic) bond motifs is 1. The molecule has 0 amide bonds. The van der Waals surface area contributed by atoms with Gasteiger partial charge in [-0.1, -0.05) is 18.2 Å². The third kappa shape index (κ3) is 1.91. The molecule has 3 rings (SSSR count). The molecule has 1 N–H and O–H groups in total. The van der Waals surface area contributed by atoms with E-state index in [0.29, 0.717) is 0 Å². The first-order valence-electron chi connectivity index (χ1n) is 5.74. The molecule has 1 aliphatic heterocycles. The Bertz CT molecular complexity index is 588. The molecule has 3 heteroatoms. The number of benzene rings is 2. The lowest BCUT2D eigenvalue weighted by Crippen LogP contribution is -2.14. The predicted molar refractivity (Wildman–Crippen MR) is 71.2 cm³/mol. The molecule has 0 spiro atoms. The van der Waals surface area contributed by atoms with E-state index >= 15 is 0 Å². The zero-order valence-corrected chi connectivity index (χ0v) is 10.0. The first-order chi connectivity index (χ1) is 8.86. The molecule has 0 fully saturated rings. The lowest BCUT2D eigenvalue weighted by atomic mass is 10.0. The van der Waals surface area contributed by atoms with Gasteiger partial charge in [0, 0.05) is 11.8 Å². The summed E-state index contributed by atoms with van der Waals surface area (Å²) >= 11 is 0. The highest BCUT2D eigenvalue weighted by Gasteiger charge is 2.07. The normalized spacial score (nSPS) is 12.3. The molecule has 0 bridgehead atoms. The highest BCUT2D eigenvalue weighted by molar-refractivity contribution is 5.71. The van der Waals surface area contributed by atoms with Crippen LogP contribution in [0.1, 0.15) is 5.56 Å². The zero-order chi connectivity index (χ0) is 12.4. The fraction of sp³-hybridized carbons (Fsp3) is 0.0667. The summed E-state index contributed by atoms with van der Waals surface area (Å²) in [5.74, 6) is 1.71. The van der Waals surface area contributed by atoms with Gasteiger partial charge in [-0.3, -0.25) is 0 Å². The zero-order valence-electron chi connectivity index (χ0n) is 10.0. The molecule has 0 saturated heterocycles. The van der Waals surface area contributed by atoms with Gasteiger partial charge in [-0.25, -0.2) is 5.48 Å². The maximum absolute atomic E-state index is 5.29. The van der Waals surface area contributed by atoms with Crippen LogP contribution in [0.15, 0.2) is 48.7 Å². The molecule has 0 unspecified atom stereocenters. The van der Waals surface area contributed by atoms with Crippen LogP contribution in [0.25, 0.3) is 17.2 Å². The lowest BCUT2D eigenvalue weighted by Gasteiger charge is -2.13. The average molecular weight is 239 g/mol. The molecule has 1 heterocycles.